The van der Waals surface area contributed by atoms with E-state index < -0.39 is 15.9 Å². The third-order valence-corrected chi connectivity index (χ3v) is 7.50. The monoisotopic (exact) mass is 429 g/mol. The summed E-state index contributed by atoms with van der Waals surface area (Å²) in [6.45, 7) is 4.26. The quantitative estimate of drug-likeness (QED) is 0.735. The molecule has 3 N–H and O–H groups in total. The zero-order valence-electron chi connectivity index (χ0n) is 17.2. The molecule has 0 aromatic heterocycles. The van der Waals surface area contributed by atoms with Gasteiger partial charge in [-0.3, -0.25) is 9.59 Å². The van der Waals surface area contributed by atoms with Crippen molar-refractivity contribution in [2.75, 3.05) is 18.4 Å². The van der Waals surface area contributed by atoms with Crippen molar-refractivity contribution in [2.24, 2.45) is 11.7 Å². The van der Waals surface area contributed by atoms with Gasteiger partial charge in [0.25, 0.3) is 0 Å². The van der Waals surface area contributed by atoms with Crippen LogP contribution in [0.4, 0.5) is 5.69 Å². The Morgan fingerprint density at radius 3 is 2.37 bits per heavy atom. The first-order chi connectivity index (χ1) is 14.2. The highest BCUT2D eigenvalue weighted by atomic mass is 32.2. The Balaban J connectivity index is 1.61. The number of primary amides is 1. The summed E-state index contributed by atoms with van der Waals surface area (Å²) < 4.78 is 27.1. The molecule has 1 saturated heterocycles. The highest BCUT2D eigenvalue weighted by molar-refractivity contribution is 7.88. The lowest BCUT2D eigenvalue weighted by atomic mass is 9.96. The van der Waals surface area contributed by atoms with E-state index in [4.69, 9.17) is 5.73 Å². The lowest BCUT2D eigenvalue weighted by Crippen LogP contribution is -2.42. The molecule has 2 aromatic carbocycles. The molecule has 1 heterocycles. The number of sulfonamides is 1. The number of benzene rings is 2. The van der Waals surface area contributed by atoms with Crippen LogP contribution in [0.1, 0.15) is 39.9 Å². The average Bonchev–Trinajstić information content (AvgIpc) is 2.71. The minimum atomic E-state index is -3.44. The molecule has 1 aliphatic heterocycles. The first-order valence-electron chi connectivity index (χ1n) is 9.91. The van der Waals surface area contributed by atoms with Crippen LogP contribution in [0.3, 0.4) is 0 Å². The summed E-state index contributed by atoms with van der Waals surface area (Å²) in [6, 6.07) is 12.5. The third kappa shape index (κ3) is 4.88. The van der Waals surface area contributed by atoms with E-state index in [2.05, 4.69) is 5.32 Å². The number of aryl methyl sites for hydroxylation is 1. The molecule has 7 nitrogen and oxygen atoms in total. The molecule has 8 heteroatoms. The largest absolute Gasteiger partial charge is 0.366 e. The van der Waals surface area contributed by atoms with E-state index >= 15 is 0 Å². The Morgan fingerprint density at radius 2 is 1.73 bits per heavy atom. The fourth-order valence-corrected chi connectivity index (χ4v) is 5.40. The predicted octanol–water partition coefficient (Wildman–Crippen LogP) is 2.58. The molecule has 0 spiro atoms. The number of hydrogen-bond acceptors (Lipinski definition) is 4. The molecular formula is C22H27N3O4S. The molecule has 0 atom stereocenters. The van der Waals surface area contributed by atoms with Crippen molar-refractivity contribution in [3.63, 3.8) is 0 Å². The number of amides is 2. The number of piperidine rings is 1. The van der Waals surface area contributed by atoms with Gasteiger partial charge in [0, 0.05) is 30.3 Å². The van der Waals surface area contributed by atoms with E-state index in [9.17, 15) is 18.0 Å². The maximum absolute atomic E-state index is 12.8. The number of hydrogen-bond donors (Lipinski definition) is 2. The van der Waals surface area contributed by atoms with Gasteiger partial charge in [-0.25, -0.2) is 12.7 Å². The summed E-state index contributed by atoms with van der Waals surface area (Å²) in [4.78, 5) is 24.2. The van der Waals surface area contributed by atoms with E-state index in [1.807, 2.05) is 31.2 Å². The van der Waals surface area contributed by atoms with Crippen molar-refractivity contribution in [2.45, 2.75) is 32.4 Å². The van der Waals surface area contributed by atoms with Crippen molar-refractivity contribution in [1.82, 2.24) is 4.31 Å². The molecule has 3 rings (SSSR count). The van der Waals surface area contributed by atoms with Gasteiger partial charge in [-0.2, -0.15) is 0 Å². The van der Waals surface area contributed by atoms with E-state index in [1.54, 1.807) is 25.1 Å². The van der Waals surface area contributed by atoms with Crippen molar-refractivity contribution in [3.8, 4) is 0 Å². The van der Waals surface area contributed by atoms with E-state index in [1.165, 1.54) is 4.31 Å². The van der Waals surface area contributed by atoms with Crippen LogP contribution in [0.2, 0.25) is 0 Å². The van der Waals surface area contributed by atoms with Crippen LogP contribution in [0.25, 0.3) is 0 Å². The highest BCUT2D eigenvalue weighted by Crippen LogP contribution is 2.25. The summed E-state index contributed by atoms with van der Waals surface area (Å²) >= 11 is 0. The van der Waals surface area contributed by atoms with Crippen molar-refractivity contribution in [3.05, 3.63) is 64.7 Å². The Kier molecular flexibility index (Phi) is 6.58. The van der Waals surface area contributed by atoms with Crippen LogP contribution >= 0.6 is 0 Å². The van der Waals surface area contributed by atoms with Gasteiger partial charge in [0.1, 0.15) is 0 Å². The van der Waals surface area contributed by atoms with Gasteiger partial charge in [0.05, 0.1) is 5.75 Å². The van der Waals surface area contributed by atoms with Crippen molar-refractivity contribution < 1.29 is 18.0 Å². The van der Waals surface area contributed by atoms with Crippen LogP contribution in [-0.4, -0.2) is 37.6 Å². The molecule has 2 aromatic rings. The van der Waals surface area contributed by atoms with Gasteiger partial charge in [-0.05, 0) is 55.5 Å². The van der Waals surface area contributed by atoms with E-state index in [0.717, 1.165) is 11.1 Å². The minimum absolute atomic E-state index is 0.0321. The molecule has 1 fully saturated rings. The minimum Gasteiger partial charge on any atom is -0.366 e. The maximum Gasteiger partial charge on any atom is 0.249 e. The molecule has 0 radical (unpaired) electrons. The molecule has 1 aliphatic rings. The number of nitrogens with zero attached hydrogens (tertiary/aromatic N) is 1. The van der Waals surface area contributed by atoms with Crippen molar-refractivity contribution in [1.29, 1.82) is 0 Å². The lowest BCUT2D eigenvalue weighted by Gasteiger charge is -2.31. The second-order valence-corrected chi connectivity index (χ2v) is 9.66. The van der Waals surface area contributed by atoms with Gasteiger partial charge < -0.3 is 11.1 Å². The summed E-state index contributed by atoms with van der Waals surface area (Å²) in [5, 5.41) is 2.86. The second kappa shape index (κ2) is 8.97. The number of rotatable bonds is 6. The fraction of sp³-hybridized carbons (Fsp3) is 0.364. The molecule has 160 valence electrons. The lowest BCUT2D eigenvalue weighted by molar-refractivity contribution is -0.120. The highest BCUT2D eigenvalue weighted by Gasteiger charge is 2.31. The van der Waals surface area contributed by atoms with Gasteiger partial charge >= 0.3 is 0 Å². The Hall–Kier alpha value is -2.71. The molecule has 0 aliphatic carbocycles. The van der Waals surface area contributed by atoms with Crippen LogP contribution in [-0.2, 0) is 20.6 Å². The van der Waals surface area contributed by atoms with Gasteiger partial charge in [0.2, 0.25) is 21.8 Å². The first-order valence-corrected chi connectivity index (χ1v) is 11.5. The molecule has 0 bridgehead atoms. The Labute approximate surface area is 177 Å². The predicted molar refractivity (Wildman–Crippen MR) is 116 cm³/mol. The average molecular weight is 430 g/mol. The zero-order valence-corrected chi connectivity index (χ0v) is 18.0. The first kappa shape index (κ1) is 22.0. The van der Waals surface area contributed by atoms with Crippen LogP contribution in [0.15, 0.2) is 42.5 Å². The topological polar surface area (TPSA) is 110 Å². The zero-order chi connectivity index (χ0) is 21.9. The summed E-state index contributed by atoms with van der Waals surface area (Å²) in [5.74, 6) is -1.03. The standard InChI is InChI=1S/C22H27N3O4S/c1-15-6-3-4-7-18(15)14-30(28,29)25-12-10-17(11-13-25)22(27)24-20-9-5-8-19(16(20)2)21(23)26/h3-9,17H,10-14H2,1-2H3,(H2,23,26)(H,24,27). The number of carbonyl (C=O) groups is 2. The van der Waals surface area contributed by atoms with Crippen LogP contribution < -0.4 is 11.1 Å². The Bertz CT molecular complexity index is 1060. The molecule has 30 heavy (non-hydrogen) atoms. The third-order valence-electron chi connectivity index (χ3n) is 5.67. The molecule has 0 saturated carbocycles. The molecular weight excluding hydrogens is 402 g/mol. The van der Waals surface area contributed by atoms with Gasteiger partial charge in [-0.1, -0.05) is 30.3 Å². The summed E-state index contributed by atoms with van der Waals surface area (Å²) in [7, 11) is -3.44. The van der Waals surface area contributed by atoms with Crippen molar-refractivity contribution >= 4 is 27.5 Å². The normalized spacial score (nSPS) is 15.7. The smallest absolute Gasteiger partial charge is 0.249 e. The summed E-state index contributed by atoms with van der Waals surface area (Å²) in [5.41, 5.74) is 8.64. The number of anilines is 1. The van der Waals surface area contributed by atoms with Crippen LogP contribution in [0.5, 0.6) is 0 Å². The van der Waals surface area contributed by atoms with Gasteiger partial charge in [-0.15, -0.1) is 0 Å². The maximum atomic E-state index is 12.8. The summed E-state index contributed by atoms with van der Waals surface area (Å²) in [6.07, 6.45) is 0.904. The SMILES string of the molecule is Cc1ccccc1CS(=O)(=O)N1CCC(C(=O)Nc2cccc(C(N)=O)c2C)CC1. The second-order valence-electron chi connectivity index (χ2n) is 7.69. The van der Waals surface area contributed by atoms with Crippen LogP contribution in [0, 0.1) is 19.8 Å². The number of nitrogens with one attached hydrogen (secondary N) is 1. The van der Waals surface area contributed by atoms with Gasteiger partial charge in [0.15, 0.2) is 0 Å². The fourth-order valence-electron chi connectivity index (χ4n) is 3.73. The van der Waals surface area contributed by atoms with E-state index in [-0.39, 0.29) is 17.6 Å². The van der Waals surface area contributed by atoms with E-state index in [0.29, 0.717) is 42.7 Å². The number of nitrogens with two attached hydrogens (primary N) is 1. The molecule has 0 unspecified atom stereocenters. The number of carbonyl (C=O) groups excluding carboxylic acids is 2. The Morgan fingerprint density at radius 1 is 1.07 bits per heavy atom. The molecule has 2 amide bonds.